The zero-order valence-electron chi connectivity index (χ0n) is 29.8. The fourth-order valence-corrected chi connectivity index (χ4v) is 10.2. The van der Waals surface area contributed by atoms with E-state index in [1.54, 1.807) is 65.5 Å². The Morgan fingerprint density at radius 3 is 2.56 bits per heavy atom. The van der Waals surface area contributed by atoms with Gasteiger partial charge in [-0.2, -0.15) is 5.10 Å². The number of phenolic OH excluding ortho intramolecular Hbond substituents is 1. The fraction of sp³-hybridized carbons (Fsp3) is 0.275. The summed E-state index contributed by atoms with van der Waals surface area (Å²) in [5.41, 5.74) is 1.08. The number of aryl methyl sites for hydroxylation is 2. The summed E-state index contributed by atoms with van der Waals surface area (Å²) in [5, 5.41) is 17.1. The van der Waals surface area contributed by atoms with Crippen molar-refractivity contribution in [2.24, 2.45) is 18.4 Å². The van der Waals surface area contributed by atoms with Gasteiger partial charge in [-0.05, 0) is 91.7 Å². The molecule has 5 heterocycles. The van der Waals surface area contributed by atoms with Crippen LogP contribution in [0.5, 0.6) is 11.5 Å². The van der Waals surface area contributed by atoms with Gasteiger partial charge >= 0.3 is 11.4 Å². The molecule has 2 amide bonds. The van der Waals surface area contributed by atoms with Crippen molar-refractivity contribution in [2.45, 2.75) is 45.7 Å². The molecule has 0 radical (unpaired) electrons. The normalized spacial score (nSPS) is 22.0. The van der Waals surface area contributed by atoms with Crippen LogP contribution < -0.4 is 21.0 Å². The summed E-state index contributed by atoms with van der Waals surface area (Å²) in [6.07, 6.45) is 2.01. The van der Waals surface area contributed by atoms with Crippen molar-refractivity contribution in [1.29, 1.82) is 0 Å². The second-order valence-electron chi connectivity index (χ2n) is 14.2. The maximum atomic E-state index is 15.1. The van der Waals surface area contributed by atoms with Gasteiger partial charge in [0.1, 0.15) is 11.5 Å². The van der Waals surface area contributed by atoms with E-state index in [-0.39, 0.29) is 24.5 Å². The zero-order chi connectivity index (χ0) is 37.8. The van der Waals surface area contributed by atoms with Crippen LogP contribution in [-0.2, 0) is 23.2 Å². The molecule has 4 atom stereocenters. The number of aromatic hydroxyl groups is 1. The van der Waals surface area contributed by atoms with Crippen molar-refractivity contribution in [3.63, 3.8) is 0 Å². The minimum Gasteiger partial charge on any atom is -0.504 e. The first-order valence-electron chi connectivity index (χ1n) is 17.7. The summed E-state index contributed by atoms with van der Waals surface area (Å²) in [4.78, 5) is 60.2. The molecule has 0 spiro atoms. The Morgan fingerprint density at radius 1 is 1.02 bits per heavy atom. The number of halogens is 1. The number of fused-ring (bicyclic) bond motifs is 5. The third-order valence-electron chi connectivity index (χ3n) is 11.4. The van der Waals surface area contributed by atoms with E-state index in [4.69, 9.17) is 21.4 Å². The van der Waals surface area contributed by atoms with Crippen LogP contribution in [0.3, 0.4) is 0 Å². The smallest absolute Gasteiger partial charge is 0.352 e. The number of imide groups is 1. The summed E-state index contributed by atoms with van der Waals surface area (Å²) in [6, 6.07) is 20.5. The van der Waals surface area contributed by atoms with Crippen LogP contribution in [0.2, 0.25) is 5.02 Å². The number of hydrogen-bond donors (Lipinski definition) is 1. The Hall–Kier alpha value is -5.66. The third kappa shape index (κ3) is 4.70. The molecule has 1 saturated heterocycles. The summed E-state index contributed by atoms with van der Waals surface area (Å²) in [7, 11) is 1.71. The van der Waals surface area contributed by atoms with Crippen LogP contribution >= 0.6 is 22.9 Å². The number of nitrogens with zero attached hydrogens (tertiary/aromatic N) is 6. The lowest BCUT2D eigenvalue weighted by atomic mass is 9.56. The van der Waals surface area contributed by atoms with Gasteiger partial charge in [0.05, 0.1) is 41.1 Å². The molecule has 14 heteroatoms. The average molecular weight is 763 g/mol. The predicted octanol–water partition coefficient (Wildman–Crippen LogP) is 6.35. The highest BCUT2D eigenvalue weighted by Crippen LogP contribution is 2.61. The molecule has 54 heavy (non-hydrogen) atoms. The zero-order valence-corrected chi connectivity index (χ0v) is 31.4. The van der Waals surface area contributed by atoms with Crippen molar-refractivity contribution < 1.29 is 19.4 Å². The number of para-hydroxylation sites is 1. The second kappa shape index (κ2) is 12.2. The van der Waals surface area contributed by atoms with Crippen LogP contribution in [0.15, 0.2) is 94.0 Å². The molecule has 12 nitrogen and oxygen atoms in total. The van der Waals surface area contributed by atoms with Crippen molar-refractivity contribution in [1.82, 2.24) is 23.7 Å². The van der Waals surface area contributed by atoms with Gasteiger partial charge in [-0.1, -0.05) is 41.9 Å². The maximum Gasteiger partial charge on any atom is 0.352 e. The van der Waals surface area contributed by atoms with Crippen LogP contribution in [-0.4, -0.2) is 47.2 Å². The summed E-state index contributed by atoms with van der Waals surface area (Å²) in [5.74, 6) is -1.93. The Morgan fingerprint density at radius 2 is 1.80 bits per heavy atom. The summed E-state index contributed by atoms with van der Waals surface area (Å²) < 4.78 is 12.4. The molecular formula is C40H35ClN6O6S. The van der Waals surface area contributed by atoms with Gasteiger partial charge in [-0.3, -0.25) is 14.3 Å². The fourth-order valence-electron chi connectivity index (χ4n) is 8.87. The topological polar surface area (TPSA) is 134 Å². The van der Waals surface area contributed by atoms with E-state index in [9.17, 15) is 19.5 Å². The summed E-state index contributed by atoms with van der Waals surface area (Å²) in [6.45, 7) is 6.00. The molecule has 6 aromatic rings. The average Bonchev–Trinajstić information content (AvgIpc) is 3.83. The molecule has 2 aliphatic heterocycles. The van der Waals surface area contributed by atoms with Crippen molar-refractivity contribution in [2.75, 3.05) is 11.5 Å². The number of rotatable bonds is 6. The van der Waals surface area contributed by atoms with Crippen molar-refractivity contribution >= 4 is 50.7 Å². The minimum atomic E-state index is -1.32. The predicted molar refractivity (Wildman–Crippen MR) is 206 cm³/mol. The molecule has 9 rings (SSSR count). The number of amides is 2. The first kappa shape index (κ1) is 34.1. The van der Waals surface area contributed by atoms with Gasteiger partial charge in [0.25, 0.3) is 0 Å². The Bertz CT molecular complexity index is 2720. The molecular weight excluding hydrogens is 728 g/mol. The molecule has 3 aromatic heterocycles. The van der Waals surface area contributed by atoms with E-state index in [2.05, 4.69) is 0 Å². The Kier molecular flexibility index (Phi) is 7.70. The van der Waals surface area contributed by atoms with Crippen LogP contribution in [0, 0.1) is 18.3 Å². The van der Waals surface area contributed by atoms with Crippen molar-refractivity contribution in [3.05, 3.63) is 122 Å². The number of anilines is 1. The number of carbonyl (C=O) groups excluding carboxylic acids is 2. The first-order chi connectivity index (χ1) is 25.9. The number of aromatic nitrogens is 5. The van der Waals surface area contributed by atoms with Gasteiger partial charge in [0.15, 0.2) is 11.5 Å². The molecule has 3 aliphatic rings. The van der Waals surface area contributed by atoms with Crippen LogP contribution in [0.4, 0.5) is 5.82 Å². The van der Waals surface area contributed by atoms with E-state index in [0.29, 0.717) is 34.4 Å². The highest BCUT2D eigenvalue weighted by atomic mass is 35.5. The number of hydrogen-bond acceptors (Lipinski definition) is 8. The Labute approximate surface area is 317 Å². The molecule has 3 aromatic carbocycles. The molecule has 2 fully saturated rings. The minimum absolute atomic E-state index is 0.0612. The largest absolute Gasteiger partial charge is 0.504 e. The SMILES string of the molecule is CCOc1cc([C@H]2C3=CCn4c(=O)n(-c5ccccc5)c(=O)n4[C@@H]3C[C@H]3C(=O)N(c4cc(-c5sc6ccc(Cl)cc6c5C)nn4C)C(=O)[C@@]23C)ccc1O. The first-order valence-corrected chi connectivity index (χ1v) is 18.9. The van der Waals surface area contributed by atoms with Gasteiger partial charge < -0.3 is 9.84 Å². The summed E-state index contributed by atoms with van der Waals surface area (Å²) >= 11 is 7.88. The van der Waals surface area contributed by atoms with Gasteiger partial charge in [-0.25, -0.2) is 28.4 Å². The second-order valence-corrected chi connectivity index (χ2v) is 15.7. The van der Waals surface area contributed by atoms with Crippen LogP contribution in [0.25, 0.3) is 26.3 Å². The quantitative estimate of drug-likeness (QED) is 0.155. The molecule has 0 unspecified atom stereocenters. The molecule has 274 valence electrons. The van der Waals surface area contributed by atoms with Gasteiger partial charge in [0, 0.05) is 28.8 Å². The molecule has 1 N–H and O–H groups in total. The van der Waals surface area contributed by atoms with E-state index in [1.165, 1.54) is 20.3 Å². The van der Waals surface area contributed by atoms with E-state index in [0.717, 1.165) is 30.7 Å². The standard InChI is InChI=1S/C40H35ClN6O6S/c1-5-53-31-17-22(11-13-30(31)48)34-25-15-16-44-38(51)45(24-9-7-6-8-10-24)39(52)47(44)29(25)19-27-36(49)46(37(50)40(27,34)3)33-20-28(42-43(33)4)35-21(2)26-18-23(41)12-14-32(26)54-35/h6-15,17-18,20,27,29,34,48H,5,16,19H2,1-4H3/t27-,29+,34-,40+/m0/s1. The lowest BCUT2D eigenvalue weighted by molar-refractivity contribution is -0.129. The van der Waals surface area contributed by atoms with E-state index >= 15 is 4.79 Å². The maximum absolute atomic E-state index is 15.1. The Balaban J connectivity index is 1.20. The number of benzene rings is 3. The van der Waals surface area contributed by atoms with E-state index < -0.39 is 46.5 Å². The highest BCUT2D eigenvalue weighted by molar-refractivity contribution is 7.22. The van der Waals surface area contributed by atoms with E-state index in [1.807, 2.05) is 51.1 Å². The highest BCUT2D eigenvalue weighted by Gasteiger charge is 2.66. The monoisotopic (exact) mass is 762 g/mol. The van der Waals surface area contributed by atoms with Crippen LogP contribution in [0.1, 0.15) is 43.4 Å². The lowest BCUT2D eigenvalue weighted by Crippen LogP contribution is -2.49. The number of phenols is 1. The number of allylic oxidation sites excluding steroid dienone is 2. The van der Waals surface area contributed by atoms with Gasteiger partial charge in [0.2, 0.25) is 11.8 Å². The lowest BCUT2D eigenvalue weighted by Gasteiger charge is -2.47. The molecule has 1 aliphatic carbocycles. The number of carbonyl (C=O) groups is 2. The molecule has 0 bridgehead atoms. The third-order valence-corrected chi connectivity index (χ3v) is 12.9. The molecule has 1 saturated carbocycles. The van der Waals surface area contributed by atoms with Crippen molar-refractivity contribution in [3.8, 4) is 27.8 Å². The number of ether oxygens (including phenoxy) is 1. The van der Waals surface area contributed by atoms with Gasteiger partial charge in [-0.15, -0.1) is 11.3 Å². The number of thiophene rings is 1.